The van der Waals surface area contributed by atoms with Crippen LogP contribution < -0.4 is 5.32 Å². The van der Waals surface area contributed by atoms with E-state index in [0.29, 0.717) is 47.9 Å². The van der Waals surface area contributed by atoms with Crippen LogP contribution in [0.3, 0.4) is 0 Å². The summed E-state index contributed by atoms with van der Waals surface area (Å²) < 4.78 is 19.9. The summed E-state index contributed by atoms with van der Waals surface area (Å²) >= 11 is 7.15. The molecule has 1 saturated heterocycles. The first-order valence-electron chi connectivity index (χ1n) is 12.9. The second-order valence-corrected chi connectivity index (χ2v) is 12.1. The minimum Gasteiger partial charge on any atom is -0.444 e. The molecule has 5 rings (SSSR count). The van der Waals surface area contributed by atoms with E-state index in [1.54, 1.807) is 17.2 Å². The SMILES string of the molecule is CC(C)(C)OC(=O)N1CCC2(CC1)N=C(SCC(=O)Nc1cnc3ccccc3c1)C(c1ccc(Cl)c(F)c1)=N2. The van der Waals surface area contributed by atoms with Crippen molar-refractivity contribution in [3.8, 4) is 0 Å². The topological polar surface area (TPSA) is 96.2 Å². The number of anilines is 1. The molecule has 0 radical (unpaired) electrons. The second kappa shape index (κ2) is 11.2. The highest BCUT2D eigenvalue weighted by atomic mass is 35.5. The predicted molar refractivity (Wildman–Crippen MR) is 158 cm³/mol. The molecule has 0 atom stereocenters. The van der Waals surface area contributed by atoms with Crippen LogP contribution in [0.25, 0.3) is 10.9 Å². The van der Waals surface area contributed by atoms with E-state index in [9.17, 15) is 14.0 Å². The molecular weight excluding hydrogens is 553 g/mol. The van der Waals surface area contributed by atoms with Crippen LogP contribution in [-0.2, 0) is 9.53 Å². The number of aromatic nitrogens is 1. The number of pyridine rings is 1. The van der Waals surface area contributed by atoms with Crippen molar-refractivity contribution in [1.29, 1.82) is 0 Å². The highest BCUT2D eigenvalue weighted by molar-refractivity contribution is 8.16. The van der Waals surface area contributed by atoms with Crippen molar-refractivity contribution >= 4 is 62.7 Å². The normalized spacial score (nSPS) is 16.6. The molecule has 2 aliphatic rings. The Labute approximate surface area is 241 Å². The Morgan fingerprint density at radius 1 is 1.12 bits per heavy atom. The number of carbonyl (C=O) groups excluding carboxylic acids is 2. The molecule has 2 aliphatic heterocycles. The van der Waals surface area contributed by atoms with Gasteiger partial charge in [-0.05, 0) is 45.0 Å². The Kier molecular flexibility index (Phi) is 7.83. The lowest BCUT2D eigenvalue weighted by Crippen LogP contribution is -2.46. The lowest BCUT2D eigenvalue weighted by atomic mass is 9.99. The minimum absolute atomic E-state index is 0.0113. The van der Waals surface area contributed by atoms with E-state index < -0.39 is 17.1 Å². The van der Waals surface area contributed by atoms with Crippen LogP contribution in [0, 0.1) is 5.82 Å². The molecule has 40 heavy (non-hydrogen) atoms. The number of thioether (sulfide) groups is 1. The summed E-state index contributed by atoms with van der Waals surface area (Å²) in [6.07, 6.45) is 2.20. The zero-order valence-corrected chi connectivity index (χ0v) is 24.0. The van der Waals surface area contributed by atoms with Crippen LogP contribution in [0.4, 0.5) is 14.9 Å². The van der Waals surface area contributed by atoms with Gasteiger partial charge in [-0.25, -0.2) is 14.2 Å². The number of fused-ring (bicyclic) bond motifs is 1. The van der Waals surface area contributed by atoms with Crippen LogP contribution in [0.1, 0.15) is 39.2 Å². The molecule has 1 fully saturated rings. The number of para-hydroxylation sites is 1. The number of hydrogen-bond donors (Lipinski definition) is 1. The van der Waals surface area contributed by atoms with Gasteiger partial charge in [0.2, 0.25) is 5.91 Å². The molecule has 2 amide bonds. The summed E-state index contributed by atoms with van der Waals surface area (Å²) in [5.74, 6) is -0.721. The van der Waals surface area contributed by atoms with Crippen molar-refractivity contribution in [3.63, 3.8) is 0 Å². The van der Waals surface area contributed by atoms with E-state index in [-0.39, 0.29) is 22.8 Å². The van der Waals surface area contributed by atoms with Gasteiger partial charge >= 0.3 is 6.09 Å². The molecule has 208 valence electrons. The average Bonchev–Trinajstić information content (AvgIpc) is 3.26. The van der Waals surface area contributed by atoms with E-state index in [1.165, 1.54) is 23.9 Å². The lowest BCUT2D eigenvalue weighted by molar-refractivity contribution is -0.113. The van der Waals surface area contributed by atoms with Gasteiger partial charge in [0.05, 0.1) is 33.9 Å². The van der Waals surface area contributed by atoms with E-state index in [2.05, 4.69) is 10.3 Å². The van der Waals surface area contributed by atoms with Crippen LogP contribution >= 0.6 is 23.4 Å². The molecule has 3 aromatic rings. The third-order valence-electron chi connectivity index (χ3n) is 6.46. The molecule has 0 aliphatic carbocycles. The summed E-state index contributed by atoms with van der Waals surface area (Å²) in [5, 5.41) is 4.36. The van der Waals surface area contributed by atoms with Gasteiger partial charge in [-0.2, -0.15) is 0 Å². The van der Waals surface area contributed by atoms with Gasteiger partial charge in [0.15, 0.2) is 5.66 Å². The minimum atomic E-state index is -0.801. The summed E-state index contributed by atoms with van der Waals surface area (Å²) in [7, 11) is 0. The number of aliphatic imine (C=N–C) groups is 2. The van der Waals surface area contributed by atoms with Crippen molar-refractivity contribution in [2.24, 2.45) is 9.98 Å². The molecule has 1 aromatic heterocycles. The number of nitrogens with zero attached hydrogens (tertiary/aromatic N) is 4. The van der Waals surface area contributed by atoms with E-state index >= 15 is 0 Å². The Balaban J connectivity index is 1.31. The van der Waals surface area contributed by atoms with Crippen molar-refractivity contribution in [3.05, 3.63) is 71.1 Å². The third kappa shape index (κ3) is 6.45. The van der Waals surface area contributed by atoms with Gasteiger partial charge in [-0.15, -0.1) is 0 Å². The van der Waals surface area contributed by atoms with Crippen LogP contribution in [0.5, 0.6) is 0 Å². The lowest BCUT2D eigenvalue weighted by Gasteiger charge is -2.36. The zero-order chi connectivity index (χ0) is 28.5. The first-order chi connectivity index (χ1) is 19.0. The molecule has 11 heteroatoms. The molecule has 8 nitrogen and oxygen atoms in total. The first-order valence-corrected chi connectivity index (χ1v) is 14.3. The predicted octanol–water partition coefficient (Wildman–Crippen LogP) is 6.33. The quantitative estimate of drug-likeness (QED) is 0.388. The fourth-order valence-electron chi connectivity index (χ4n) is 4.52. The van der Waals surface area contributed by atoms with Crippen molar-refractivity contribution in [1.82, 2.24) is 9.88 Å². The van der Waals surface area contributed by atoms with Gasteiger partial charge in [0, 0.05) is 36.9 Å². The van der Waals surface area contributed by atoms with Crippen molar-refractivity contribution in [2.75, 3.05) is 24.2 Å². The number of amides is 2. The maximum Gasteiger partial charge on any atom is 0.410 e. The number of carbonyl (C=O) groups is 2. The van der Waals surface area contributed by atoms with Gasteiger partial charge < -0.3 is 15.0 Å². The summed E-state index contributed by atoms with van der Waals surface area (Å²) in [5.41, 5.74) is 1.08. The summed E-state index contributed by atoms with van der Waals surface area (Å²) in [4.78, 5) is 41.3. The van der Waals surface area contributed by atoms with Crippen molar-refractivity contribution < 1.29 is 18.7 Å². The second-order valence-electron chi connectivity index (χ2n) is 10.7. The Hall–Kier alpha value is -3.50. The van der Waals surface area contributed by atoms with Crippen LogP contribution in [-0.4, -0.2) is 62.7 Å². The van der Waals surface area contributed by atoms with Gasteiger partial charge in [-0.1, -0.05) is 47.6 Å². The van der Waals surface area contributed by atoms with E-state index in [4.69, 9.17) is 26.3 Å². The molecule has 0 saturated carbocycles. The molecular formula is C29H29ClFN5O3S. The number of likely N-dealkylation sites (tertiary alicyclic amines) is 1. The summed E-state index contributed by atoms with van der Waals surface area (Å²) in [6.45, 7) is 6.32. The molecule has 1 N–H and O–H groups in total. The first kappa shape index (κ1) is 28.0. The number of nitrogens with one attached hydrogen (secondary N) is 1. The number of piperidine rings is 1. The number of benzene rings is 2. The molecule has 0 bridgehead atoms. The fourth-order valence-corrected chi connectivity index (χ4v) is 5.52. The maximum absolute atomic E-state index is 14.4. The van der Waals surface area contributed by atoms with Gasteiger partial charge in [0.1, 0.15) is 16.5 Å². The van der Waals surface area contributed by atoms with Gasteiger partial charge in [0.25, 0.3) is 0 Å². The van der Waals surface area contributed by atoms with E-state index in [1.807, 2.05) is 51.1 Å². The highest BCUT2D eigenvalue weighted by Crippen LogP contribution is 2.36. The maximum atomic E-state index is 14.4. The fraction of sp³-hybridized carbons (Fsp3) is 0.345. The van der Waals surface area contributed by atoms with Crippen LogP contribution in [0.15, 0.2) is 64.7 Å². The van der Waals surface area contributed by atoms with Crippen LogP contribution in [0.2, 0.25) is 5.02 Å². The molecule has 2 aromatic carbocycles. The van der Waals surface area contributed by atoms with Gasteiger partial charge in [-0.3, -0.25) is 14.8 Å². The largest absolute Gasteiger partial charge is 0.444 e. The monoisotopic (exact) mass is 581 g/mol. The van der Waals surface area contributed by atoms with E-state index in [0.717, 1.165) is 10.9 Å². The Morgan fingerprint density at radius 3 is 2.60 bits per heavy atom. The van der Waals surface area contributed by atoms with Crippen molar-refractivity contribution in [2.45, 2.75) is 44.9 Å². The standard InChI is InChI=1S/C29H29ClFN5O3S/c1-28(2,3)39-27(38)36-12-10-29(11-13-36)34-25(19-8-9-21(30)22(31)15-19)26(35-29)40-17-24(37)33-20-14-18-6-4-5-7-23(18)32-16-20/h4-9,14-16H,10-13,17H2,1-3H3,(H,33,37). The molecule has 3 heterocycles. The average molecular weight is 582 g/mol. The Bertz CT molecular complexity index is 1530. The number of halogens is 2. The molecule has 1 spiro atoms. The number of ether oxygens (including phenoxy) is 1. The summed E-state index contributed by atoms with van der Waals surface area (Å²) in [6, 6.07) is 14.0. The Morgan fingerprint density at radius 2 is 1.88 bits per heavy atom. The molecule has 0 unspecified atom stereocenters. The number of rotatable bonds is 4. The smallest absolute Gasteiger partial charge is 0.410 e. The highest BCUT2D eigenvalue weighted by Gasteiger charge is 2.41. The third-order valence-corrected chi connectivity index (χ3v) is 7.73. The number of hydrogen-bond acceptors (Lipinski definition) is 7. The zero-order valence-electron chi connectivity index (χ0n) is 22.4.